The second-order valence-electron chi connectivity index (χ2n) is 5.74. The monoisotopic (exact) mass is 376 g/mol. The van der Waals surface area contributed by atoms with E-state index in [1.54, 1.807) is 0 Å². The highest BCUT2D eigenvalue weighted by atomic mass is 32.2. The Bertz CT molecular complexity index is 614. The summed E-state index contributed by atoms with van der Waals surface area (Å²) >= 11 is 1.53. The maximum absolute atomic E-state index is 12.7. The van der Waals surface area contributed by atoms with E-state index >= 15 is 0 Å². The molecular formula is C16H19F3N2O3S. The van der Waals surface area contributed by atoms with Crippen molar-refractivity contribution in [3.8, 4) is 0 Å². The molecule has 1 atom stereocenters. The molecule has 0 N–H and O–H groups in total. The van der Waals surface area contributed by atoms with E-state index in [0.717, 1.165) is 17.4 Å². The first-order chi connectivity index (χ1) is 11.7. The molecule has 1 aliphatic heterocycles. The molecule has 1 heterocycles. The van der Waals surface area contributed by atoms with Gasteiger partial charge in [-0.05, 0) is 37.9 Å². The topological polar surface area (TPSA) is 49.9 Å². The first-order valence-electron chi connectivity index (χ1n) is 7.69. The lowest BCUT2D eigenvalue weighted by Crippen LogP contribution is -2.49. The number of carbonyl (C=O) groups excluding carboxylic acids is 2. The van der Waals surface area contributed by atoms with Crippen LogP contribution in [0, 0.1) is 6.92 Å². The molecule has 2 rings (SSSR count). The van der Waals surface area contributed by atoms with Crippen molar-refractivity contribution in [2.45, 2.75) is 31.0 Å². The Morgan fingerprint density at radius 2 is 1.68 bits per heavy atom. The third-order valence-corrected chi connectivity index (χ3v) is 4.74. The van der Waals surface area contributed by atoms with E-state index in [-0.39, 0.29) is 13.1 Å². The minimum absolute atomic E-state index is 0.236. The van der Waals surface area contributed by atoms with Gasteiger partial charge in [-0.25, -0.2) is 9.10 Å². The van der Waals surface area contributed by atoms with Gasteiger partial charge < -0.3 is 9.64 Å². The normalized spacial score (nSPS) is 17.2. The van der Waals surface area contributed by atoms with Gasteiger partial charge in [0.25, 0.3) is 6.10 Å². The van der Waals surface area contributed by atoms with Crippen molar-refractivity contribution in [1.29, 1.82) is 0 Å². The molecule has 9 heteroatoms. The maximum atomic E-state index is 12.7. The van der Waals surface area contributed by atoms with Crippen LogP contribution < -0.4 is 0 Å². The van der Waals surface area contributed by atoms with E-state index in [4.69, 9.17) is 0 Å². The number of hydrogen-bond acceptors (Lipinski definition) is 5. The molecule has 0 saturated carbocycles. The second kappa shape index (κ2) is 8.09. The first-order valence-corrected chi connectivity index (χ1v) is 8.46. The number of amides is 1. The summed E-state index contributed by atoms with van der Waals surface area (Å²) in [5, 5.41) is 0. The summed E-state index contributed by atoms with van der Waals surface area (Å²) in [5.74, 6) is -1.24. The lowest BCUT2D eigenvalue weighted by Gasteiger charge is -2.34. The number of alkyl halides is 3. The smallest absolute Gasteiger partial charge is 0.428 e. The summed E-state index contributed by atoms with van der Waals surface area (Å²) in [6.07, 6.45) is -8.72. The molecule has 0 spiro atoms. The Morgan fingerprint density at radius 3 is 2.16 bits per heavy atom. The number of nitrogens with zero attached hydrogens (tertiary/aromatic N) is 2. The van der Waals surface area contributed by atoms with Crippen LogP contribution in [-0.2, 0) is 9.53 Å². The van der Waals surface area contributed by atoms with Gasteiger partial charge in [-0.15, -0.1) is 0 Å². The predicted molar refractivity (Wildman–Crippen MR) is 87.2 cm³/mol. The van der Waals surface area contributed by atoms with Gasteiger partial charge in [0.1, 0.15) is 0 Å². The van der Waals surface area contributed by atoms with E-state index in [2.05, 4.69) is 4.74 Å². The number of benzene rings is 1. The van der Waals surface area contributed by atoms with Crippen LogP contribution >= 0.6 is 11.9 Å². The van der Waals surface area contributed by atoms with E-state index in [1.807, 2.05) is 35.5 Å². The molecule has 1 fully saturated rings. The van der Waals surface area contributed by atoms with Crippen molar-refractivity contribution in [2.24, 2.45) is 0 Å². The highest BCUT2D eigenvalue weighted by molar-refractivity contribution is 7.97. The summed E-state index contributed by atoms with van der Waals surface area (Å²) in [6, 6.07) is 7.97. The summed E-state index contributed by atoms with van der Waals surface area (Å²) in [7, 11) is 0. The number of ether oxygens (including phenoxy) is 1. The molecule has 0 radical (unpaired) electrons. The highest BCUT2D eigenvalue weighted by Gasteiger charge is 2.47. The molecule has 1 aliphatic rings. The molecule has 0 aromatic heterocycles. The van der Waals surface area contributed by atoms with E-state index in [1.165, 1.54) is 16.8 Å². The Kier molecular flexibility index (Phi) is 6.34. The third-order valence-electron chi connectivity index (χ3n) is 3.64. The molecule has 138 valence electrons. The first kappa shape index (κ1) is 19.6. The Labute approximate surface area is 148 Å². The maximum Gasteiger partial charge on any atom is 0.432 e. The zero-order chi connectivity index (χ0) is 18.6. The van der Waals surface area contributed by atoms with Gasteiger partial charge in [-0.1, -0.05) is 17.7 Å². The molecular weight excluding hydrogens is 357 g/mol. The Morgan fingerprint density at radius 1 is 1.12 bits per heavy atom. The van der Waals surface area contributed by atoms with Gasteiger partial charge >= 0.3 is 12.3 Å². The fourth-order valence-electron chi connectivity index (χ4n) is 2.27. The lowest BCUT2D eigenvalue weighted by molar-refractivity contribution is -0.204. The predicted octanol–water partition coefficient (Wildman–Crippen LogP) is 3.28. The summed E-state index contributed by atoms with van der Waals surface area (Å²) in [4.78, 5) is 25.2. The molecule has 1 saturated heterocycles. The van der Waals surface area contributed by atoms with Crippen LogP contribution in [0.5, 0.6) is 0 Å². The quantitative estimate of drug-likeness (QED) is 0.755. The van der Waals surface area contributed by atoms with Gasteiger partial charge in [0.05, 0.1) is 0 Å². The largest absolute Gasteiger partial charge is 0.432 e. The Hall–Kier alpha value is -1.74. The summed E-state index contributed by atoms with van der Waals surface area (Å²) in [6.45, 7) is 4.20. The fourth-order valence-corrected chi connectivity index (χ4v) is 3.17. The SMILES string of the molecule is CC(=O)C(OC(=O)N1CCN(Sc2ccc(C)cc2)CC1)C(F)(F)F. The van der Waals surface area contributed by atoms with Crippen LogP contribution in [-0.4, -0.2) is 59.5 Å². The van der Waals surface area contributed by atoms with Crippen LogP contribution in [0.3, 0.4) is 0 Å². The number of Topliss-reactive ketones (excluding diaryl/α,β-unsaturated/α-hetero) is 1. The number of ketones is 1. The molecule has 25 heavy (non-hydrogen) atoms. The molecule has 0 bridgehead atoms. The molecule has 0 aliphatic carbocycles. The average molecular weight is 376 g/mol. The van der Waals surface area contributed by atoms with E-state index in [9.17, 15) is 22.8 Å². The number of halogens is 3. The summed E-state index contributed by atoms with van der Waals surface area (Å²) in [5.41, 5.74) is 1.15. The van der Waals surface area contributed by atoms with Crippen molar-refractivity contribution in [3.05, 3.63) is 29.8 Å². The van der Waals surface area contributed by atoms with Gasteiger partial charge in [0, 0.05) is 31.1 Å². The van der Waals surface area contributed by atoms with Crippen molar-refractivity contribution in [1.82, 2.24) is 9.21 Å². The zero-order valence-electron chi connectivity index (χ0n) is 13.9. The summed E-state index contributed by atoms with van der Waals surface area (Å²) < 4.78 is 44.5. The second-order valence-corrected chi connectivity index (χ2v) is 6.91. The van der Waals surface area contributed by atoms with Crippen molar-refractivity contribution in [2.75, 3.05) is 26.2 Å². The molecule has 1 aromatic rings. The van der Waals surface area contributed by atoms with Crippen LogP contribution in [0.4, 0.5) is 18.0 Å². The standard InChI is InChI=1S/C16H19F3N2O3S/c1-11-3-5-13(6-4-11)25-21-9-7-20(8-10-21)15(23)24-14(12(2)22)16(17,18)19/h3-6,14H,7-10H2,1-2H3. The van der Waals surface area contributed by atoms with Crippen molar-refractivity contribution < 1.29 is 27.5 Å². The molecule has 1 amide bonds. The van der Waals surface area contributed by atoms with Crippen molar-refractivity contribution in [3.63, 3.8) is 0 Å². The number of hydrogen-bond donors (Lipinski definition) is 0. The Balaban J connectivity index is 1.85. The molecule has 5 nitrogen and oxygen atoms in total. The zero-order valence-corrected chi connectivity index (χ0v) is 14.7. The molecule has 1 unspecified atom stereocenters. The van der Waals surface area contributed by atoms with Crippen LogP contribution in [0.15, 0.2) is 29.2 Å². The highest BCUT2D eigenvalue weighted by Crippen LogP contribution is 2.26. The lowest BCUT2D eigenvalue weighted by atomic mass is 10.2. The third kappa shape index (κ3) is 5.64. The average Bonchev–Trinajstić information content (AvgIpc) is 2.54. The number of carbonyl (C=O) groups is 2. The van der Waals surface area contributed by atoms with Gasteiger partial charge in [-0.3, -0.25) is 4.79 Å². The van der Waals surface area contributed by atoms with E-state index in [0.29, 0.717) is 13.1 Å². The molecule has 1 aromatic carbocycles. The van der Waals surface area contributed by atoms with Crippen LogP contribution in [0.25, 0.3) is 0 Å². The minimum Gasteiger partial charge on any atom is -0.428 e. The van der Waals surface area contributed by atoms with Crippen molar-refractivity contribution >= 4 is 23.8 Å². The van der Waals surface area contributed by atoms with E-state index < -0.39 is 24.2 Å². The van der Waals surface area contributed by atoms with Gasteiger partial charge in [0.15, 0.2) is 5.78 Å². The minimum atomic E-state index is -4.90. The van der Waals surface area contributed by atoms with Gasteiger partial charge in [0.2, 0.25) is 0 Å². The van der Waals surface area contributed by atoms with Gasteiger partial charge in [-0.2, -0.15) is 13.2 Å². The fraction of sp³-hybridized carbons (Fsp3) is 0.500. The van der Waals surface area contributed by atoms with Crippen LogP contribution in [0.1, 0.15) is 12.5 Å². The number of rotatable bonds is 4. The number of aryl methyl sites for hydroxylation is 1. The van der Waals surface area contributed by atoms with Crippen LogP contribution in [0.2, 0.25) is 0 Å². The number of piperazine rings is 1.